The Bertz CT molecular complexity index is 1310. The van der Waals surface area contributed by atoms with Gasteiger partial charge in [-0.3, -0.25) is 28.8 Å². The van der Waals surface area contributed by atoms with Crippen LogP contribution in [0.5, 0.6) is 0 Å². The number of primary amides is 1. The van der Waals surface area contributed by atoms with Crippen molar-refractivity contribution < 1.29 is 48.9 Å². The van der Waals surface area contributed by atoms with Crippen LogP contribution in [0.15, 0.2) is 30.3 Å². The van der Waals surface area contributed by atoms with Gasteiger partial charge in [0, 0.05) is 13.0 Å². The van der Waals surface area contributed by atoms with Gasteiger partial charge in [0.1, 0.15) is 36.3 Å². The van der Waals surface area contributed by atoms with E-state index in [4.69, 9.17) is 16.6 Å². The lowest BCUT2D eigenvalue weighted by molar-refractivity contribution is -0.144. The third-order valence-electron chi connectivity index (χ3n) is 7.69. The summed E-state index contributed by atoms with van der Waals surface area (Å²) in [5.41, 5.74) is 11.5. The van der Waals surface area contributed by atoms with Crippen LogP contribution in [0.3, 0.4) is 0 Å². The van der Waals surface area contributed by atoms with Crippen molar-refractivity contribution in [2.75, 3.05) is 13.2 Å². The fourth-order valence-electron chi connectivity index (χ4n) is 5.21. The molecule has 1 aromatic rings. The molecule has 0 spiro atoms. The van der Waals surface area contributed by atoms with E-state index in [0.717, 1.165) is 4.90 Å². The molecule has 1 aliphatic rings. The largest absolute Gasteiger partial charge is 0.480 e. The van der Waals surface area contributed by atoms with Gasteiger partial charge in [0.05, 0.1) is 19.1 Å². The lowest BCUT2D eigenvalue weighted by atomic mass is 10.0. The zero-order chi connectivity index (χ0) is 36.1. The summed E-state index contributed by atoms with van der Waals surface area (Å²) < 4.78 is 0. The normalized spacial score (nSPS) is 18.1. The van der Waals surface area contributed by atoms with Crippen LogP contribution in [-0.2, 0) is 40.0 Å². The number of amides is 6. The van der Waals surface area contributed by atoms with Crippen LogP contribution < -0.4 is 32.7 Å². The van der Waals surface area contributed by atoms with E-state index in [1.807, 2.05) is 0 Å². The van der Waals surface area contributed by atoms with Gasteiger partial charge >= 0.3 is 5.97 Å². The van der Waals surface area contributed by atoms with Crippen molar-refractivity contribution in [3.63, 3.8) is 0 Å². The van der Waals surface area contributed by atoms with Crippen molar-refractivity contribution in [1.82, 2.24) is 26.2 Å². The van der Waals surface area contributed by atoms with Crippen LogP contribution in [0.1, 0.15) is 52.0 Å². The number of hydrogen-bond acceptors (Lipinski definition) is 10. The van der Waals surface area contributed by atoms with Crippen LogP contribution in [-0.4, -0.2) is 117 Å². The highest BCUT2D eigenvalue weighted by Crippen LogP contribution is 2.20. The van der Waals surface area contributed by atoms with Crippen LogP contribution in [0.25, 0.3) is 0 Å². The molecule has 1 aromatic carbocycles. The summed E-state index contributed by atoms with van der Waals surface area (Å²) >= 11 is 0. The minimum Gasteiger partial charge on any atom is -0.480 e. The summed E-state index contributed by atoms with van der Waals surface area (Å²) in [5, 5.41) is 38.5. The maximum atomic E-state index is 13.7. The molecule has 11 N–H and O–H groups in total. The van der Waals surface area contributed by atoms with Gasteiger partial charge in [-0.05, 0) is 37.7 Å². The van der Waals surface area contributed by atoms with Gasteiger partial charge in [-0.1, -0.05) is 44.2 Å². The van der Waals surface area contributed by atoms with Crippen molar-refractivity contribution in [1.29, 1.82) is 0 Å². The molecule has 48 heavy (non-hydrogen) atoms. The molecular formula is C31H47N7O10. The minimum absolute atomic E-state index is 0.0137. The van der Waals surface area contributed by atoms with E-state index < -0.39 is 96.8 Å². The predicted molar refractivity (Wildman–Crippen MR) is 170 cm³/mol. The van der Waals surface area contributed by atoms with Crippen LogP contribution in [0.2, 0.25) is 0 Å². The summed E-state index contributed by atoms with van der Waals surface area (Å²) in [6.07, 6.45) is -1.47. The molecule has 0 aromatic heterocycles. The van der Waals surface area contributed by atoms with E-state index in [2.05, 4.69) is 21.3 Å². The Morgan fingerprint density at radius 2 is 1.52 bits per heavy atom. The van der Waals surface area contributed by atoms with E-state index >= 15 is 0 Å². The molecule has 0 radical (unpaired) electrons. The molecule has 17 heteroatoms. The van der Waals surface area contributed by atoms with Crippen molar-refractivity contribution in [3.8, 4) is 0 Å². The Morgan fingerprint density at radius 1 is 0.896 bits per heavy atom. The van der Waals surface area contributed by atoms with Gasteiger partial charge < -0.3 is 53.0 Å². The average molecular weight is 678 g/mol. The number of nitrogens with one attached hydrogen (secondary N) is 4. The zero-order valence-corrected chi connectivity index (χ0v) is 27.3. The summed E-state index contributed by atoms with van der Waals surface area (Å²) in [5.74, 6) is -6.57. The van der Waals surface area contributed by atoms with E-state index in [1.165, 1.54) is 6.92 Å². The molecule has 1 saturated heterocycles. The molecule has 6 amide bonds. The second-order valence-corrected chi connectivity index (χ2v) is 12.2. The number of aliphatic carboxylic acids is 1. The van der Waals surface area contributed by atoms with Gasteiger partial charge in [-0.15, -0.1) is 0 Å². The summed E-state index contributed by atoms with van der Waals surface area (Å²) in [6, 6.07) is 0.552. The van der Waals surface area contributed by atoms with Crippen LogP contribution in [0.4, 0.5) is 0 Å². The molecule has 1 aliphatic heterocycles. The zero-order valence-electron chi connectivity index (χ0n) is 27.3. The predicted octanol–water partition coefficient (Wildman–Crippen LogP) is -3.13. The SMILES string of the molecule is CC(C)C[C@H](NC(=O)[C@H](Cc1ccccc1)NC(=O)[C@@H]1CCCN1C(=O)[C@H](CC(N)=O)NC(=O)[C@@H](NC(=O)[C@@H](N)CO)[C@@H](C)O)C(=O)O. The molecule has 0 bridgehead atoms. The average Bonchev–Trinajstić information content (AvgIpc) is 3.51. The lowest BCUT2D eigenvalue weighted by Gasteiger charge is -2.31. The van der Waals surface area contributed by atoms with Crippen LogP contribution >= 0.6 is 0 Å². The molecule has 7 atom stereocenters. The van der Waals surface area contributed by atoms with Gasteiger partial charge in [0.25, 0.3) is 0 Å². The van der Waals surface area contributed by atoms with E-state index in [1.54, 1.807) is 44.2 Å². The quantitative estimate of drug-likeness (QED) is 0.0749. The molecule has 1 heterocycles. The fraction of sp³-hybridized carbons (Fsp3) is 0.581. The number of aliphatic hydroxyl groups excluding tert-OH is 2. The number of carbonyl (C=O) groups is 7. The molecule has 17 nitrogen and oxygen atoms in total. The number of nitrogens with two attached hydrogens (primary N) is 2. The van der Waals surface area contributed by atoms with Crippen LogP contribution in [0, 0.1) is 5.92 Å². The molecule has 0 saturated carbocycles. The Balaban J connectivity index is 2.29. The van der Waals surface area contributed by atoms with Crippen molar-refractivity contribution in [2.45, 2.75) is 95.2 Å². The van der Waals surface area contributed by atoms with Gasteiger partial charge in [-0.25, -0.2) is 4.79 Å². The summed E-state index contributed by atoms with van der Waals surface area (Å²) in [6.45, 7) is 4.10. The van der Waals surface area contributed by atoms with Crippen molar-refractivity contribution in [2.24, 2.45) is 17.4 Å². The highest BCUT2D eigenvalue weighted by atomic mass is 16.4. The first-order valence-electron chi connectivity index (χ1n) is 15.7. The summed E-state index contributed by atoms with van der Waals surface area (Å²) in [4.78, 5) is 90.9. The maximum Gasteiger partial charge on any atom is 0.326 e. The first-order chi connectivity index (χ1) is 22.5. The smallest absolute Gasteiger partial charge is 0.326 e. The maximum absolute atomic E-state index is 13.7. The summed E-state index contributed by atoms with van der Waals surface area (Å²) in [7, 11) is 0. The first-order valence-corrected chi connectivity index (χ1v) is 15.7. The monoisotopic (exact) mass is 677 g/mol. The Labute approximate surface area is 278 Å². The Morgan fingerprint density at radius 3 is 2.06 bits per heavy atom. The lowest BCUT2D eigenvalue weighted by Crippen LogP contribution is -2.61. The second-order valence-electron chi connectivity index (χ2n) is 12.2. The number of rotatable bonds is 18. The second kappa shape index (κ2) is 18.7. The molecule has 1 fully saturated rings. The Hall–Kier alpha value is -4.61. The number of hydrogen-bond donors (Lipinski definition) is 9. The number of aliphatic hydroxyl groups is 2. The number of carboxylic acid groups (broad SMARTS) is 1. The van der Waals surface area contributed by atoms with Crippen molar-refractivity contribution in [3.05, 3.63) is 35.9 Å². The number of likely N-dealkylation sites (tertiary alicyclic amines) is 1. The third kappa shape index (κ3) is 11.9. The molecule has 266 valence electrons. The third-order valence-corrected chi connectivity index (χ3v) is 7.69. The number of carboxylic acids is 1. The van der Waals surface area contributed by atoms with Gasteiger partial charge in [0.15, 0.2) is 0 Å². The first kappa shape index (κ1) is 39.6. The van der Waals surface area contributed by atoms with E-state index in [9.17, 15) is 43.8 Å². The van der Waals surface area contributed by atoms with E-state index in [-0.39, 0.29) is 31.7 Å². The molecule has 0 aliphatic carbocycles. The fourth-order valence-corrected chi connectivity index (χ4v) is 5.21. The number of benzene rings is 1. The highest BCUT2D eigenvalue weighted by Gasteiger charge is 2.40. The molecule has 0 unspecified atom stereocenters. The highest BCUT2D eigenvalue weighted by molar-refractivity contribution is 5.98. The van der Waals surface area contributed by atoms with Crippen molar-refractivity contribution >= 4 is 41.4 Å². The number of nitrogens with zero attached hydrogens (tertiary/aromatic N) is 1. The van der Waals surface area contributed by atoms with Gasteiger partial charge in [-0.2, -0.15) is 0 Å². The van der Waals surface area contributed by atoms with E-state index in [0.29, 0.717) is 12.0 Å². The molecular weight excluding hydrogens is 630 g/mol. The number of carbonyl (C=O) groups excluding carboxylic acids is 6. The molecule has 2 rings (SSSR count). The Kier molecular flexibility index (Phi) is 15.4. The minimum atomic E-state index is -1.63. The topological polar surface area (TPSA) is 284 Å². The standard InChI is InChI=1S/C31H47N7O10/c1-16(2)12-22(31(47)48)36-27(43)20(13-18-8-5-4-6-9-18)34-28(44)23-10-7-11-38(23)30(46)21(14-24(33)41)35-29(45)25(17(3)40)37-26(42)19(32)15-39/h4-6,8-9,16-17,19-23,25,39-40H,7,10-15,32H2,1-3H3,(H2,33,41)(H,34,44)(H,35,45)(H,36,43)(H,37,42)(H,47,48)/t17-,19+,20+,21+,22+,23+,25+/m1/s1. The van der Waals surface area contributed by atoms with Gasteiger partial charge in [0.2, 0.25) is 35.4 Å².